The lowest BCUT2D eigenvalue weighted by Gasteiger charge is -2.10. The van der Waals surface area contributed by atoms with E-state index in [9.17, 15) is 0 Å². The molecule has 0 aromatic heterocycles. The highest BCUT2D eigenvalue weighted by molar-refractivity contribution is 5.85. The second-order valence-electron chi connectivity index (χ2n) is 2.23. The van der Waals surface area contributed by atoms with Crippen molar-refractivity contribution in [2.24, 2.45) is 0 Å². The highest BCUT2D eigenvalue weighted by atomic mass is 35.5. The summed E-state index contributed by atoms with van der Waals surface area (Å²) < 4.78 is 0. The third-order valence-corrected chi connectivity index (χ3v) is 1.27. The zero-order valence-corrected chi connectivity index (χ0v) is 8.99. The lowest BCUT2D eigenvalue weighted by Crippen LogP contribution is -2.07. The van der Waals surface area contributed by atoms with Gasteiger partial charge in [0.05, 0.1) is 0 Å². The van der Waals surface area contributed by atoms with Crippen molar-refractivity contribution in [2.75, 3.05) is 19.0 Å². The van der Waals surface area contributed by atoms with Gasteiger partial charge in [0, 0.05) is 19.8 Å². The molecule has 0 heterocycles. The average Bonchev–Trinajstić information content (AvgIpc) is 1.90. The standard InChI is InChI=1S/C8H11N.2ClH.H3N/c1-9(2)8-6-4-3-5-7-8;;;/h3-7H,1-2H3;2*1H;1H3. The molecule has 0 aliphatic heterocycles. The lowest BCUT2D eigenvalue weighted by atomic mass is 10.3. The molecular weight excluding hydrogens is 195 g/mol. The van der Waals surface area contributed by atoms with Gasteiger partial charge in [-0.2, -0.15) is 0 Å². The first-order chi connectivity index (χ1) is 4.30. The van der Waals surface area contributed by atoms with Crippen LogP contribution in [0.1, 0.15) is 0 Å². The Morgan fingerprint density at radius 1 is 0.917 bits per heavy atom. The van der Waals surface area contributed by atoms with E-state index in [4.69, 9.17) is 0 Å². The number of rotatable bonds is 1. The molecule has 0 radical (unpaired) electrons. The minimum absolute atomic E-state index is 0. The summed E-state index contributed by atoms with van der Waals surface area (Å²) in [6, 6.07) is 10.3. The Hall–Kier alpha value is -0.440. The molecule has 2 nitrogen and oxygen atoms in total. The smallest absolute Gasteiger partial charge is 0.0360 e. The summed E-state index contributed by atoms with van der Waals surface area (Å²) in [5.41, 5.74) is 1.25. The maximum Gasteiger partial charge on any atom is 0.0360 e. The Balaban J connectivity index is -0.000000270. The van der Waals surface area contributed by atoms with E-state index in [0.29, 0.717) is 0 Å². The minimum atomic E-state index is 0. The minimum Gasteiger partial charge on any atom is -0.378 e. The highest BCUT2D eigenvalue weighted by Crippen LogP contribution is 2.07. The first-order valence-electron chi connectivity index (χ1n) is 3.03. The molecular formula is C8H16Cl2N2. The van der Waals surface area contributed by atoms with Gasteiger partial charge in [-0.25, -0.2) is 0 Å². The van der Waals surface area contributed by atoms with Crippen molar-refractivity contribution in [1.29, 1.82) is 0 Å². The fourth-order valence-electron chi connectivity index (χ4n) is 0.726. The molecule has 0 unspecified atom stereocenters. The molecule has 0 aliphatic rings. The van der Waals surface area contributed by atoms with Crippen molar-refractivity contribution >= 4 is 30.5 Å². The lowest BCUT2D eigenvalue weighted by molar-refractivity contribution is 1.13. The number of benzene rings is 1. The summed E-state index contributed by atoms with van der Waals surface area (Å²) in [4.78, 5) is 2.08. The van der Waals surface area contributed by atoms with Gasteiger partial charge in [-0.3, -0.25) is 0 Å². The topological polar surface area (TPSA) is 38.2 Å². The van der Waals surface area contributed by atoms with Gasteiger partial charge >= 0.3 is 0 Å². The molecule has 0 amide bonds. The Kier molecular flexibility index (Phi) is 12.7. The predicted molar refractivity (Wildman–Crippen MR) is 60.3 cm³/mol. The molecule has 72 valence electrons. The van der Waals surface area contributed by atoms with E-state index in [1.54, 1.807) is 0 Å². The summed E-state index contributed by atoms with van der Waals surface area (Å²) in [7, 11) is 4.07. The fourth-order valence-corrected chi connectivity index (χ4v) is 0.726. The monoisotopic (exact) mass is 210 g/mol. The molecule has 1 aromatic carbocycles. The summed E-state index contributed by atoms with van der Waals surface area (Å²) in [6.45, 7) is 0. The largest absolute Gasteiger partial charge is 0.378 e. The van der Waals surface area contributed by atoms with Crippen LogP contribution in [-0.2, 0) is 0 Å². The quantitative estimate of drug-likeness (QED) is 0.775. The van der Waals surface area contributed by atoms with Gasteiger partial charge in [-0.15, -0.1) is 24.8 Å². The Morgan fingerprint density at radius 3 is 1.58 bits per heavy atom. The van der Waals surface area contributed by atoms with Gasteiger partial charge in [-0.1, -0.05) is 18.2 Å². The Labute approximate surface area is 86.4 Å². The summed E-state index contributed by atoms with van der Waals surface area (Å²) in [5.74, 6) is 0. The van der Waals surface area contributed by atoms with Crippen LogP contribution in [0.25, 0.3) is 0 Å². The van der Waals surface area contributed by atoms with E-state index in [1.165, 1.54) is 5.69 Å². The number of hydrogen-bond acceptors (Lipinski definition) is 2. The van der Waals surface area contributed by atoms with Gasteiger partial charge in [0.1, 0.15) is 0 Å². The Morgan fingerprint density at radius 2 is 1.33 bits per heavy atom. The van der Waals surface area contributed by atoms with Crippen molar-refractivity contribution in [1.82, 2.24) is 6.15 Å². The van der Waals surface area contributed by atoms with E-state index in [2.05, 4.69) is 17.0 Å². The van der Waals surface area contributed by atoms with Gasteiger partial charge in [0.2, 0.25) is 0 Å². The molecule has 1 rings (SSSR count). The molecule has 3 N–H and O–H groups in total. The summed E-state index contributed by atoms with van der Waals surface area (Å²) >= 11 is 0. The number of nitrogens with zero attached hydrogens (tertiary/aromatic N) is 1. The SMILES string of the molecule is CN(C)c1ccccc1.Cl.Cl.N. The van der Waals surface area contributed by atoms with E-state index < -0.39 is 0 Å². The maximum absolute atomic E-state index is 2.08. The number of halogens is 2. The van der Waals surface area contributed by atoms with Gasteiger partial charge in [-0.05, 0) is 12.1 Å². The zero-order chi connectivity index (χ0) is 6.69. The summed E-state index contributed by atoms with van der Waals surface area (Å²) in [6.07, 6.45) is 0. The van der Waals surface area contributed by atoms with E-state index in [0.717, 1.165) is 0 Å². The number of anilines is 1. The molecule has 0 atom stereocenters. The van der Waals surface area contributed by atoms with Crippen LogP contribution in [0.5, 0.6) is 0 Å². The highest BCUT2D eigenvalue weighted by Gasteiger charge is 1.87. The Bertz CT molecular complexity index is 178. The second-order valence-corrected chi connectivity index (χ2v) is 2.23. The van der Waals surface area contributed by atoms with Crippen molar-refractivity contribution in [3.05, 3.63) is 30.3 Å². The van der Waals surface area contributed by atoms with Gasteiger partial charge < -0.3 is 11.1 Å². The van der Waals surface area contributed by atoms with Crippen LogP contribution in [0.4, 0.5) is 5.69 Å². The molecule has 0 fully saturated rings. The van der Waals surface area contributed by atoms with Crippen LogP contribution in [-0.4, -0.2) is 14.1 Å². The van der Waals surface area contributed by atoms with Crippen LogP contribution in [0.2, 0.25) is 0 Å². The molecule has 0 bridgehead atoms. The first kappa shape index (κ1) is 17.6. The van der Waals surface area contributed by atoms with E-state index in [1.807, 2.05) is 32.3 Å². The summed E-state index contributed by atoms with van der Waals surface area (Å²) in [5, 5.41) is 0. The van der Waals surface area contributed by atoms with Crippen LogP contribution < -0.4 is 11.1 Å². The van der Waals surface area contributed by atoms with Crippen molar-refractivity contribution < 1.29 is 0 Å². The van der Waals surface area contributed by atoms with Crippen LogP contribution in [0.3, 0.4) is 0 Å². The van der Waals surface area contributed by atoms with Gasteiger partial charge in [0.15, 0.2) is 0 Å². The molecule has 0 aliphatic carbocycles. The number of hydrogen-bond donors (Lipinski definition) is 1. The molecule has 0 spiro atoms. The normalized spacial score (nSPS) is 6.83. The maximum atomic E-state index is 2.08. The van der Waals surface area contributed by atoms with Crippen LogP contribution >= 0.6 is 24.8 Å². The van der Waals surface area contributed by atoms with Crippen molar-refractivity contribution in [3.63, 3.8) is 0 Å². The molecule has 12 heavy (non-hydrogen) atoms. The molecule has 1 aromatic rings. The molecule has 4 heteroatoms. The van der Waals surface area contributed by atoms with Crippen molar-refractivity contribution in [3.8, 4) is 0 Å². The average molecular weight is 211 g/mol. The first-order valence-corrected chi connectivity index (χ1v) is 3.03. The van der Waals surface area contributed by atoms with E-state index in [-0.39, 0.29) is 31.0 Å². The van der Waals surface area contributed by atoms with Crippen LogP contribution in [0.15, 0.2) is 30.3 Å². The molecule has 0 saturated heterocycles. The van der Waals surface area contributed by atoms with Crippen molar-refractivity contribution in [2.45, 2.75) is 0 Å². The third-order valence-electron chi connectivity index (χ3n) is 1.27. The zero-order valence-electron chi connectivity index (χ0n) is 7.36. The second kappa shape index (κ2) is 8.65. The third kappa shape index (κ3) is 5.24. The van der Waals surface area contributed by atoms with E-state index >= 15 is 0 Å². The van der Waals surface area contributed by atoms with Crippen LogP contribution in [0, 0.1) is 0 Å². The fraction of sp³-hybridized carbons (Fsp3) is 0.250. The molecule has 0 saturated carbocycles. The number of para-hydroxylation sites is 1. The van der Waals surface area contributed by atoms with Gasteiger partial charge in [0.25, 0.3) is 0 Å². The predicted octanol–water partition coefficient (Wildman–Crippen LogP) is 2.76.